The van der Waals surface area contributed by atoms with E-state index in [-0.39, 0.29) is 0 Å². The number of rotatable bonds is 8. The van der Waals surface area contributed by atoms with E-state index in [2.05, 4.69) is 43.9 Å². The Balaban J connectivity index is 1.64. The molecule has 0 amide bonds. The van der Waals surface area contributed by atoms with Crippen molar-refractivity contribution in [3.8, 4) is 0 Å². The van der Waals surface area contributed by atoms with Crippen LogP contribution in [0.5, 0.6) is 0 Å². The van der Waals surface area contributed by atoms with Crippen LogP contribution < -0.4 is 0 Å². The molecule has 108 valence electrons. The predicted molar refractivity (Wildman–Crippen MR) is 78.5 cm³/mol. The SMILES string of the molecule is CCCCN1C=NN(CN2CN(CCCC)C=N2)C1. The molecule has 0 N–H and O–H groups in total. The van der Waals surface area contributed by atoms with E-state index in [1.54, 1.807) is 0 Å². The summed E-state index contributed by atoms with van der Waals surface area (Å²) in [5.74, 6) is 0. The van der Waals surface area contributed by atoms with E-state index in [0.29, 0.717) is 0 Å². The molecule has 0 fully saturated rings. The summed E-state index contributed by atoms with van der Waals surface area (Å²) in [5.41, 5.74) is 0. The van der Waals surface area contributed by atoms with Crippen LogP contribution in [0.4, 0.5) is 0 Å². The van der Waals surface area contributed by atoms with E-state index in [0.717, 1.165) is 33.1 Å². The van der Waals surface area contributed by atoms with E-state index in [4.69, 9.17) is 0 Å². The molecule has 0 aromatic rings. The van der Waals surface area contributed by atoms with Gasteiger partial charge >= 0.3 is 0 Å². The Bertz CT molecular complexity index is 286. The average molecular weight is 266 g/mol. The number of unbranched alkanes of at least 4 members (excludes halogenated alkanes) is 2. The molecule has 0 aliphatic carbocycles. The van der Waals surface area contributed by atoms with Gasteiger partial charge in [-0.2, -0.15) is 10.2 Å². The molecule has 6 nitrogen and oxygen atoms in total. The van der Waals surface area contributed by atoms with Gasteiger partial charge < -0.3 is 9.80 Å². The second kappa shape index (κ2) is 7.21. The molecule has 2 heterocycles. The molecule has 2 rings (SSSR count). The summed E-state index contributed by atoms with van der Waals surface area (Å²) in [5, 5.41) is 13.0. The van der Waals surface area contributed by atoms with E-state index in [1.165, 1.54) is 25.7 Å². The van der Waals surface area contributed by atoms with Gasteiger partial charge in [0.25, 0.3) is 0 Å². The van der Waals surface area contributed by atoms with Crippen LogP contribution in [-0.2, 0) is 0 Å². The molecule has 0 saturated carbocycles. The smallest absolute Gasteiger partial charge is 0.127 e. The highest BCUT2D eigenvalue weighted by molar-refractivity contribution is 5.56. The second-order valence-electron chi connectivity index (χ2n) is 5.23. The van der Waals surface area contributed by atoms with Crippen LogP contribution in [-0.4, -0.2) is 65.6 Å². The first-order chi connectivity index (χ1) is 9.31. The highest BCUT2D eigenvalue weighted by Crippen LogP contribution is 2.09. The van der Waals surface area contributed by atoms with Crippen LogP contribution >= 0.6 is 0 Å². The standard InChI is InChI=1S/C13H26N6/c1-3-5-7-16-9-14-18(11-16)13-19-12-17(10-15-19)8-6-4-2/h9-10H,3-8,11-13H2,1-2H3. The van der Waals surface area contributed by atoms with Gasteiger partial charge in [-0.15, -0.1) is 0 Å². The Morgan fingerprint density at radius 2 is 1.32 bits per heavy atom. The van der Waals surface area contributed by atoms with Crippen molar-refractivity contribution in [2.45, 2.75) is 39.5 Å². The van der Waals surface area contributed by atoms with Gasteiger partial charge in [0, 0.05) is 13.1 Å². The maximum atomic E-state index is 4.42. The van der Waals surface area contributed by atoms with E-state index < -0.39 is 0 Å². The number of hydrogen-bond acceptors (Lipinski definition) is 6. The Kier molecular flexibility index (Phi) is 5.30. The lowest BCUT2D eigenvalue weighted by Crippen LogP contribution is -2.36. The van der Waals surface area contributed by atoms with Gasteiger partial charge in [0.15, 0.2) is 0 Å². The molecular weight excluding hydrogens is 240 g/mol. The van der Waals surface area contributed by atoms with Gasteiger partial charge in [-0.3, -0.25) is 10.0 Å². The molecule has 0 spiro atoms. The lowest BCUT2D eigenvalue weighted by molar-refractivity contribution is 0.109. The highest BCUT2D eigenvalue weighted by atomic mass is 15.7. The van der Waals surface area contributed by atoms with Gasteiger partial charge in [-0.25, -0.2) is 0 Å². The predicted octanol–water partition coefficient (Wildman–Crippen LogP) is 1.58. The Morgan fingerprint density at radius 3 is 1.74 bits per heavy atom. The third kappa shape index (κ3) is 4.29. The first kappa shape index (κ1) is 14.0. The van der Waals surface area contributed by atoms with Crippen molar-refractivity contribution >= 4 is 12.7 Å². The number of hydrazone groups is 2. The zero-order valence-electron chi connectivity index (χ0n) is 12.2. The minimum Gasteiger partial charge on any atom is -0.342 e. The lowest BCUT2D eigenvalue weighted by atomic mass is 10.3. The first-order valence-corrected chi connectivity index (χ1v) is 7.38. The Hall–Kier alpha value is -1.46. The van der Waals surface area contributed by atoms with Crippen molar-refractivity contribution in [3.63, 3.8) is 0 Å². The van der Waals surface area contributed by atoms with Crippen molar-refractivity contribution in [1.29, 1.82) is 0 Å². The van der Waals surface area contributed by atoms with Crippen molar-refractivity contribution in [1.82, 2.24) is 19.8 Å². The summed E-state index contributed by atoms with van der Waals surface area (Å²) in [4.78, 5) is 4.52. The summed E-state index contributed by atoms with van der Waals surface area (Å²) in [7, 11) is 0. The lowest BCUT2D eigenvalue weighted by Gasteiger charge is -2.24. The molecule has 2 aliphatic rings. The maximum Gasteiger partial charge on any atom is 0.127 e. The quantitative estimate of drug-likeness (QED) is 0.668. The van der Waals surface area contributed by atoms with Crippen LogP contribution in [0.2, 0.25) is 0 Å². The van der Waals surface area contributed by atoms with Gasteiger partial charge in [-0.1, -0.05) is 26.7 Å². The van der Waals surface area contributed by atoms with E-state index in [1.807, 2.05) is 12.7 Å². The molecule has 0 atom stereocenters. The maximum absolute atomic E-state index is 4.42. The molecule has 2 aliphatic heterocycles. The molecule has 6 heteroatoms. The summed E-state index contributed by atoms with van der Waals surface area (Å²) >= 11 is 0. The summed E-state index contributed by atoms with van der Waals surface area (Å²) in [6, 6.07) is 0. The number of nitrogens with zero attached hydrogens (tertiary/aromatic N) is 6. The third-order valence-corrected chi connectivity index (χ3v) is 3.37. The topological polar surface area (TPSA) is 37.7 Å². The van der Waals surface area contributed by atoms with Crippen molar-refractivity contribution in [2.24, 2.45) is 10.2 Å². The van der Waals surface area contributed by atoms with Crippen LogP contribution in [0.15, 0.2) is 10.2 Å². The van der Waals surface area contributed by atoms with Crippen LogP contribution in [0.3, 0.4) is 0 Å². The summed E-state index contributed by atoms with van der Waals surface area (Å²) < 4.78 is 0. The fourth-order valence-corrected chi connectivity index (χ4v) is 2.19. The van der Waals surface area contributed by atoms with Gasteiger partial charge in [-0.05, 0) is 12.8 Å². The third-order valence-electron chi connectivity index (χ3n) is 3.37. The monoisotopic (exact) mass is 266 g/mol. The van der Waals surface area contributed by atoms with E-state index in [9.17, 15) is 0 Å². The van der Waals surface area contributed by atoms with Crippen LogP contribution in [0.25, 0.3) is 0 Å². The zero-order valence-corrected chi connectivity index (χ0v) is 12.2. The Labute approximate surface area is 116 Å². The summed E-state index contributed by atoms with van der Waals surface area (Å²) in [6.07, 6.45) is 8.81. The molecule has 0 radical (unpaired) electrons. The van der Waals surface area contributed by atoms with Crippen molar-refractivity contribution in [2.75, 3.05) is 33.1 Å². The van der Waals surface area contributed by atoms with Crippen molar-refractivity contribution in [3.05, 3.63) is 0 Å². The fraction of sp³-hybridized carbons (Fsp3) is 0.846. The molecule has 0 bridgehead atoms. The number of hydrogen-bond donors (Lipinski definition) is 0. The summed E-state index contributed by atoms with van der Waals surface area (Å²) in [6.45, 7) is 9.19. The van der Waals surface area contributed by atoms with Gasteiger partial charge in [0.1, 0.15) is 32.7 Å². The normalized spacial score (nSPS) is 18.2. The first-order valence-electron chi connectivity index (χ1n) is 7.38. The van der Waals surface area contributed by atoms with Crippen LogP contribution in [0, 0.1) is 0 Å². The van der Waals surface area contributed by atoms with E-state index >= 15 is 0 Å². The minimum absolute atomic E-state index is 0.776. The van der Waals surface area contributed by atoms with Crippen LogP contribution in [0.1, 0.15) is 39.5 Å². The van der Waals surface area contributed by atoms with Gasteiger partial charge in [0.2, 0.25) is 0 Å². The fourth-order valence-electron chi connectivity index (χ4n) is 2.19. The molecule has 0 unspecified atom stereocenters. The molecule has 0 aromatic heterocycles. The highest BCUT2D eigenvalue weighted by Gasteiger charge is 2.19. The minimum atomic E-state index is 0.776. The van der Waals surface area contributed by atoms with Crippen molar-refractivity contribution < 1.29 is 0 Å². The average Bonchev–Trinajstić information content (AvgIpc) is 3.04. The molecule has 19 heavy (non-hydrogen) atoms. The zero-order chi connectivity index (χ0) is 13.5. The largest absolute Gasteiger partial charge is 0.342 e. The molecular formula is C13H26N6. The molecule has 0 saturated heterocycles. The second-order valence-corrected chi connectivity index (χ2v) is 5.23. The van der Waals surface area contributed by atoms with Gasteiger partial charge in [0.05, 0.1) is 0 Å². The molecule has 0 aromatic carbocycles. The Morgan fingerprint density at radius 1 is 0.842 bits per heavy atom.